The fourth-order valence-electron chi connectivity index (χ4n) is 3.28. The zero-order valence-corrected chi connectivity index (χ0v) is 17.3. The Hall–Kier alpha value is -2.38. The minimum Gasteiger partial charge on any atom is -0.493 e. The molecule has 6 nitrogen and oxygen atoms in total. The molecule has 0 spiro atoms. The predicted molar refractivity (Wildman–Crippen MR) is 113 cm³/mol. The number of thioether (sulfide) groups is 1. The van der Waals surface area contributed by atoms with E-state index in [1.54, 1.807) is 20.3 Å². The molecule has 0 radical (unpaired) electrons. The molecule has 1 N–H and O–H groups in total. The first-order valence-electron chi connectivity index (χ1n) is 8.78. The summed E-state index contributed by atoms with van der Waals surface area (Å²) in [7, 11) is 3.18. The minimum atomic E-state index is 0.103. The van der Waals surface area contributed by atoms with Crippen molar-refractivity contribution in [1.82, 2.24) is 4.57 Å². The van der Waals surface area contributed by atoms with Gasteiger partial charge in [-0.25, -0.2) is 0 Å². The van der Waals surface area contributed by atoms with E-state index < -0.39 is 0 Å². The van der Waals surface area contributed by atoms with Crippen LogP contribution in [-0.4, -0.2) is 35.4 Å². The fraction of sp³-hybridized carbons (Fsp3) is 0.300. The normalized spacial score (nSPS) is 14.6. The number of rotatable bonds is 5. The summed E-state index contributed by atoms with van der Waals surface area (Å²) in [6.07, 6.45) is 0. The van der Waals surface area contributed by atoms with Crippen LogP contribution in [0, 0.1) is 6.92 Å². The molecule has 1 saturated heterocycles. The summed E-state index contributed by atoms with van der Waals surface area (Å²) < 4.78 is 12.8. The number of halogens is 1. The lowest BCUT2D eigenvalue weighted by Gasteiger charge is -2.28. The van der Waals surface area contributed by atoms with Gasteiger partial charge < -0.3 is 19.1 Å². The Morgan fingerprint density at radius 3 is 2.43 bits per heavy atom. The van der Waals surface area contributed by atoms with Crippen molar-refractivity contribution in [2.24, 2.45) is 10.2 Å². The van der Waals surface area contributed by atoms with Crippen LogP contribution in [0.25, 0.3) is 10.9 Å². The average molecular weight is 418 g/mol. The van der Waals surface area contributed by atoms with E-state index in [4.69, 9.17) is 21.1 Å². The zero-order valence-electron chi connectivity index (χ0n) is 15.8. The van der Waals surface area contributed by atoms with Gasteiger partial charge in [0.15, 0.2) is 17.2 Å². The molecular weight excluding hydrogens is 398 g/mol. The minimum absolute atomic E-state index is 0.103. The van der Waals surface area contributed by atoms with Crippen LogP contribution in [0.2, 0.25) is 5.02 Å². The summed E-state index contributed by atoms with van der Waals surface area (Å²) in [6, 6.07) is 9.34. The Kier molecular flexibility index (Phi) is 5.12. The number of aryl methyl sites for hydroxylation is 1. The summed E-state index contributed by atoms with van der Waals surface area (Å²) >= 11 is 7.86. The third-order valence-electron chi connectivity index (χ3n) is 4.86. The second-order valence-electron chi connectivity index (χ2n) is 6.59. The molecule has 1 aliphatic heterocycles. The second kappa shape index (κ2) is 7.56. The van der Waals surface area contributed by atoms with Crippen molar-refractivity contribution in [2.75, 3.05) is 25.7 Å². The van der Waals surface area contributed by atoms with Crippen LogP contribution in [0.5, 0.6) is 17.4 Å². The molecule has 0 bridgehead atoms. The van der Waals surface area contributed by atoms with Crippen LogP contribution in [-0.2, 0) is 0 Å². The van der Waals surface area contributed by atoms with Crippen LogP contribution < -0.4 is 9.47 Å². The lowest BCUT2D eigenvalue weighted by atomic mass is 10.2. The summed E-state index contributed by atoms with van der Waals surface area (Å²) in [5.41, 5.74) is 2.88. The molecule has 4 rings (SSSR count). The number of azo groups is 1. The zero-order chi connectivity index (χ0) is 19.8. The third kappa shape index (κ3) is 3.18. The maximum Gasteiger partial charge on any atom is 0.221 e. The highest BCUT2D eigenvalue weighted by atomic mass is 35.5. The second-order valence-corrected chi connectivity index (χ2v) is 8.10. The molecular formula is C20H20ClN3O3S. The van der Waals surface area contributed by atoms with Gasteiger partial charge in [0.2, 0.25) is 5.88 Å². The van der Waals surface area contributed by atoms with Gasteiger partial charge in [-0.2, -0.15) is 16.9 Å². The maximum absolute atomic E-state index is 11.0. The first-order chi connectivity index (χ1) is 13.5. The van der Waals surface area contributed by atoms with Crippen molar-refractivity contribution in [1.29, 1.82) is 0 Å². The standard InChI is InChI=1S/C20H20ClN3O3S/c1-11-6-12(21)4-5-15(11)22-23-19-14-7-17(26-2)18(27-3)8-16(14)24(20(19)25)13-9-28-10-13/h4-8,13,25H,9-10H2,1-3H3. The molecule has 8 heteroatoms. The van der Waals surface area contributed by atoms with E-state index in [-0.39, 0.29) is 11.9 Å². The van der Waals surface area contributed by atoms with E-state index in [9.17, 15) is 5.11 Å². The Morgan fingerprint density at radius 1 is 1.11 bits per heavy atom. The lowest BCUT2D eigenvalue weighted by Crippen LogP contribution is -2.22. The molecule has 1 aromatic heterocycles. The Bertz CT molecular complexity index is 1080. The summed E-state index contributed by atoms with van der Waals surface area (Å²) in [6.45, 7) is 1.92. The summed E-state index contributed by atoms with van der Waals surface area (Å²) in [4.78, 5) is 0. The van der Waals surface area contributed by atoms with Gasteiger partial charge in [0, 0.05) is 28.0 Å². The molecule has 2 heterocycles. The van der Waals surface area contributed by atoms with Gasteiger partial charge in [-0.15, -0.1) is 5.11 Å². The molecule has 0 saturated carbocycles. The number of aromatic nitrogens is 1. The van der Waals surface area contributed by atoms with Gasteiger partial charge in [0.05, 0.1) is 31.5 Å². The molecule has 146 valence electrons. The smallest absolute Gasteiger partial charge is 0.221 e. The largest absolute Gasteiger partial charge is 0.493 e. The van der Waals surface area contributed by atoms with Gasteiger partial charge in [-0.05, 0) is 36.8 Å². The van der Waals surface area contributed by atoms with Gasteiger partial charge in [0.25, 0.3) is 0 Å². The van der Waals surface area contributed by atoms with Gasteiger partial charge >= 0.3 is 0 Å². The quantitative estimate of drug-likeness (QED) is 0.514. The number of methoxy groups -OCH3 is 2. The number of nitrogens with zero attached hydrogens (tertiary/aromatic N) is 3. The number of hydrogen-bond donors (Lipinski definition) is 1. The molecule has 0 amide bonds. The predicted octanol–water partition coefficient (Wildman–Crippen LogP) is 6.03. The van der Waals surface area contributed by atoms with Crippen molar-refractivity contribution in [3.63, 3.8) is 0 Å². The average Bonchev–Trinajstić information content (AvgIpc) is 2.90. The number of fused-ring (bicyclic) bond motifs is 1. The van der Waals surface area contributed by atoms with Crippen molar-refractivity contribution < 1.29 is 14.6 Å². The van der Waals surface area contributed by atoms with E-state index in [1.807, 2.05) is 47.5 Å². The van der Waals surface area contributed by atoms with Gasteiger partial charge in [-0.3, -0.25) is 0 Å². The number of benzene rings is 2. The fourth-order valence-corrected chi connectivity index (χ4v) is 4.25. The topological polar surface area (TPSA) is 68.3 Å². The van der Waals surface area contributed by atoms with Gasteiger partial charge in [-0.1, -0.05) is 11.6 Å². The van der Waals surface area contributed by atoms with Crippen LogP contribution >= 0.6 is 23.4 Å². The molecule has 3 aromatic rings. The first-order valence-corrected chi connectivity index (χ1v) is 10.3. The van der Waals surface area contributed by atoms with Crippen molar-refractivity contribution in [2.45, 2.75) is 13.0 Å². The Balaban J connectivity index is 1.89. The van der Waals surface area contributed by atoms with Crippen LogP contribution in [0.1, 0.15) is 11.6 Å². The molecule has 0 unspecified atom stereocenters. The van der Waals surface area contributed by atoms with Crippen molar-refractivity contribution in [3.05, 3.63) is 40.9 Å². The van der Waals surface area contributed by atoms with E-state index in [0.717, 1.165) is 28.0 Å². The van der Waals surface area contributed by atoms with E-state index in [1.165, 1.54) is 0 Å². The van der Waals surface area contributed by atoms with Crippen LogP contribution in [0.3, 0.4) is 0 Å². The number of hydrogen-bond acceptors (Lipinski definition) is 6. The molecule has 0 aliphatic carbocycles. The number of aromatic hydroxyl groups is 1. The Morgan fingerprint density at radius 2 is 1.82 bits per heavy atom. The molecule has 1 fully saturated rings. The molecule has 2 aromatic carbocycles. The Labute approximate surface area is 172 Å². The first kappa shape index (κ1) is 19.0. The maximum atomic E-state index is 11.0. The van der Waals surface area contributed by atoms with E-state index in [2.05, 4.69) is 10.2 Å². The highest BCUT2D eigenvalue weighted by Crippen LogP contribution is 2.48. The third-order valence-corrected chi connectivity index (χ3v) is 6.33. The highest BCUT2D eigenvalue weighted by Gasteiger charge is 2.28. The van der Waals surface area contributed by atoms with E-state index in [0.29, 0.717) is 27.9 Å². The van der Waals surface area contributed by atoms with Crippen LogP contribution in [0.4, 0.5) is 11.4 Å². The monoisotopic (exact) mass is 417 g/mol. The summed E-state index contributed by atoms with van der Waals surface area (Å²) in [5, 5.41) is 21.1. The molecule has 0 atom stereocenters. The van der Waals surface area contributed by atoms with Crippen molar-refractivity contribution in [3.8, 4) is 17.4 Å². The van der Waals surface area contributed by atoms with E-state index >= 15 is 0 Å². The lowest BCUT2D eigenvalue weighted by molar-refractivity contribution is 0.355. The van der Waals surface area contributed by atoms with Crippen molar-refractivity contribution >= 4 is 45.6 Å². The molecule has 1 aliphatic rings. The molecule has 28 heavy (non-hydrogen) atoms. The van der Waals surface area contributed by atoms with Gasteiger partial charge in [0.1, 0.15) is 0 Å². The van der Waals surface area contributed by atoms with Crippen LogP contribution in [0.15, 0.2) is 40.6 Å². The highest BCUT2D eigenvalue weighted by molar-refractivity contribution is 8.00. The number of ether oxygens (including phenoxy) is 2. The SMILES string of the molecule is COc1cc2c(N=Nc3ccc(Cl)cc3C)c(O)n(C3CSC3)c2cc1OC. The summed E-state index contributed by atoms with van der Waals surface area (Å²) in [5.74, 6) is 3.18.